The Labute approximate surface area is 79.1 Å². The normalized spacial score (nSPS) is 10.9. The van der Waals surface area contributed by atoms with Crippen LogP contribution < -0.4 is 5.30 Å². The molecule has 1 atom stereocenters. The second-order valence-corrected chi connectivity index (χ2v) is 5.43. The van der Waals surface area contributed by atoms with Crippen LogP contribution in [0.1, 0.15) is 0 Å². The van der Waals surface area contributed by atoms with E-state index in [0.29, 0.717) is 0 Å². The highest BCUT2D eigenvalue weighted by atomic mass is 32.2. The van der Waals surface area contributed by atoms with Crippen LogP contribution in [0.25, 0.3) is 0 Å². The van der Waals surface area contributed by atoms with Gasteiger partial charge in [-0.25, -0.2) is 0 Å². The Hall–Kier alpha value is -0.520. The predicted octanol–water partition coefficient (Wildman–Crippen LogP) is 3.09. The third kappa shape index (κ3) is 2.51. The lowest BCUT2D eigenvalue weighted by Gasteiger charge is -1.94. The molecule has 0 aromatic heterocycles. The van der Waals surface area contributed by atoms with Gasteiger partial charge < -0.3 is 0 Å². The maximum absolute atomic E-state index is 4.02. The molecule has 1 rings (SSSR count). The SMILES string of the molecule is C=CSc1ccc([P+](=C)C)cc1. The van der Waals surface area contributed by atoms with Gasteiger partial charge in [-0.3, -0.25) is 0 Å². The van der Waals surface area contributed by atoms with E-state index < -0.39 is 0 Å². The zero-order valence-electron chi connectivity index (χ0n) is 7.16. The van der Waals surface area contributed by atoms with Crippen LogP contribution in [0.2, 0.25) is 0 Å². The van der Waals surface area contributed by atoms with E-state index in [1.807, 2.05) is 5.41 Å². The smallest absolute Gasteiger partial charge is 0.0987 e. The van der Waals surface area contributed by atoms with Crippen molar-refractivity contribution in [2.24, 2.45) is 0 Å². The van der Waals surface area contributed by atoms with Crippen molar-refractivity contribution in [3.63, 3.8) is 0 Å². The minimum atomic E-state index is -0.202. The number of rotatable bonds is 3. The molecule has 0 N–H and O–H groups in total. The molecule has 1 aromatic carbocycles. The first-order valence-electron chi connectivity index (χ1n) is 3.66. The molecule has 0 radical (unpaired) electrons. The van der Waals surface area contributed by atoms with Gasteiger partial charge in [-0.1, -0.05) is 18.3 Å². The van der Waals surface area contributed by atoms with Crippen LogP contribution >= 0.6 is 19.3 Å². The minimum Gasteiger partial charge on any atom is -0.0987 e. The summed E-state index contributed by atoms with van der Waals surface area (Å²) in [5.41, 5.74) is 0. The molecular formula is C10H12PS+. The van der Waals surface area contributed by atoms with Crippen molar-refractivity contribution in [3.8, 4) is 0 Å². The Kier molecular flexibility index (Phi) is 3.58. The highest BCUT2D eigenvalue weighted by Crippen LogP contribution is 2.19. The molecule has 0 aliphatic heterocycles. The van der Waals surface area contributed by atoms with Crippen molar-refractivity contribution >= 4 is 30.9 Å². The summed E-state index contributed by atoms with van der Waals surface area (Å²) in [5, 5.41) is 3.19. The molecule has 0 aliphatic rings. The molecule has 12 heavy (non-hydrogen) atoms. The van der Waals surface area contributed by atoms with E-state index in [4.69, 9.17) is 0 Å². The first-order valence-corrected chi connectivity index (χ1v) is 6.51. The second-order valence-electron chi connectivity index (χ2n) is 2.48. The molecule has 0 aliphatic carbocycles. The summed E-state index contributed by atoms with van der Waals surface area (Å²) >= 11 is 1.65. The van der Waals surface area contributed by atoms with Gasteiger partial charge in [-0.15, -0.1) is 0 Å². The standard InChI is InChI=1S/C10H12PS/c1-4-12-10-7-5-9(6-8-10)11(2)3/h4-8H,1-2H2,3H3/q+1. The van der Waals surface area contributed by atoms with E-state index in [1.54, 1.807) is 11.8 Å². The largest absolute Gasteiger partial charge is 0.147 e. The molecular weight excluding hydrogens is 183 g/mol. The van der Waals surface area contributed by atoms with Crippen molar-refractivity contribution in [3.05, 3.63) is 36.3 Å². The predicted molar refractivity (Wildman–Crippen MR) is 62.1 cm³/mol. The van der Waals surface area contributed by atoms with Gasteiger partial charge in [-0.2, -0.15) is 0 Å². The van der Waals surface area contributed by atoms with Crippen molar-refractivity contribution in [2.45, 2.75) is 4.90 Å². The van der Waals surface area contributed by atoms with Crippen molar-refractivity contribution in [2.75, 3.05) is 6.66 Å². The third-order valence-electron chi connectivity index (χ3n) is 1.50. The Morgan fingerprint density at radius 3 is 2.33 bits per heavy atom. The zero-order valence-corrected chi connectivity index (χ0v) is 8.87. The number of hydrogen-bond acceptors (Lipinski definition) is 1. The van der Waals surface area contributed by atoms with Gasteiger partial charge >= 0.3 is 0 Å². The van der Waals surface area contributed by atoms with Gasteiger partial charge in [0.15, 0.2) is 0 Å². The Balaban J connectivity index is 2.85. The Morgan fingerprint density at radius 1 is 1.33 bits per heavy atom. The molecule has 0 heterocycles. The monoisotopic (exact) mass is 195 g/mol. The summed E-state index contributed by atoms with van der Waals surface area (Å²) in [7, 11) is -0.202. The Morgan fingerprint density at radius 2 is 1.92 bits per heavy atom. The highest BCUT2D eigenvalue weighted by molar-refractivity contribution is 8.02. The summed E-state index contributed by atoms with van der Waals surface area (Å²) in [5.74, 6) is 0. The quantitative estimate of drug-likeness (QED) is 0.527. The van der Waals surface area contributed by atoms with Crippen molar-refractivity contribution in [1.82, 2.24) is 0 Å². The summed E-state index contributed by atoms with van der Waals surface area (Å²) in [6.07, 6.45) is 4.02. The molecule has 1 aromatic rings. The van der Waals surface area contributed by atoms with Crippen LogP contribution in [0.15, 0.2) is 41.1 Å². The Bertz CT molecular complexity index is 287. The molecule has 0 amide bonds. The zero-order chi connectivity index (χ0) is 8.97. The first-order chi connectivity index (χ1) is 5.74. The molecule has 62 valence electrons. The van der Waals surface area contributed by atoms with Crippen LogP contribution in [0, 0.1) is 0 Å². The molecule has 0 saturated carbocycles. The maximum Gasteiger partial charge on any atom is 0.147 e. The number of benzene rings is 1. The van der Waals surface area contributed by atoms with Crippen LogP contribution in [0.5, 0.6) is 0 Å². The summed E-state index contributed by atoms with van der Waals surface area (Å²) in [4.78, 5) is 1.24. The van der Waals surface area contributed by atoms with E-state index in [9.17, 15) is 0 Å². The second kappa shape index (κ2) is 4.49. The number of hydrogen-bond donors (Lipinski definition) is 0. The van der Waals surface area contributed by atoms with Crippen molar-refractivity contribution < 1.29 is 0 Å². The summed E-state index contributed by atoms with van der Waals surface area (Å²) in [6, 6.07) is 8.52. The fourth-order valence-corrected chi connectivity index (χ4v) is 2.02. The fraction of sp³-hybridized carbons (Fsp3) is 0.100. The molecule has 0 bridgehead atoms. The van der Waals surface area contributed by atoms with Gasteiger partial charge in [0.25, 0.3) is 0 Å². The van der Waals surface area contributed by atoms with Gasteiger partial charge in [0.1, 0.15) is 19.5 Å². The van der Waals surface area contributed by atoms with Gasteiger partial charge in [0.2, 0.25) is 0 Å². The first kappa shape index (κ1) is 9.57. The van der Waals surface area contributed by atoms with E-state index in [2.05, 4.69) is 43.8 Å². The van der Waals surface area contributed by atoms with Gasteiger partial charge in [-0.05, 0) is 29.7 Å². The minimum absolute atomic E-state index is 0.202. The lowest BCUT2D eigenvalue weighted by molar-refractivity contribution is 1.50. The van der Waals surface area contributed by atoms with Gasteiger partial charge in [0.05, 0.1) is 6.30 Å². The van der Waals surface area contributed by atoms with Gasteiger partial charge in [0, 0.05) is 4.90 Å². The van der Waals surface area contributed by atoms with E-state index in [0.717, 1.165) is 0 Å². The topological polar surface area (TPSA) is 0 Å². The molecule has 2 heteroatoms. The lowest BCUT2D eigenvalue weighted by Crippen LogP contribution is -1.93. The molecule has 0 spiro atoms. The lowest BCUT2D eigenvalue weighted by atomic mass is 10.4. The van der Waals surface area contributed by atoms with E-state index in [1.165, 1.54) is 10.2 Å². The van der Waals surface area contributed by atoms with E-state index in [-0.39, 0.29) is 7.55 Å². The maximum atomic E-state index is 4.02. The van der Waals surface area contributed by atoms with Crippen LogP contribution in [0.3, 0.4) is 0 Å². The average Bonchev–Trinajstić information content (AvgIpc) is 2.06. The van der Waals surface area contributed by atoms with E-state index >= 15 is 0 Å². The van der Waals surface area contributed by atoms with Crippen LogP contribution in [-0.2, 0) is 0 Å². The fourth-order valence-electron chi connectivity index (χ4n) is 0.875. The summed E-state index contributed by atoms with van der Waals surface area (Å²) < 4.78 is 0. The third-order valence-corrected chi connectivity index (χ3v) is 3.39. The number of thioether (sulfide) groups is 1. The van der Waals surface area contributed by atoms with Crippen molar-refractivity contribution in [1.29, 1.82) is 0 Å². The van der Waals surface area contributed by atoms with Crippen LogP contribution in [0.4, 0.5) is 0 Å². The average molecular weight is 195 g/mol. The molecule has 0 saturated heterocycles. The van der Waals surface area contributed by atoms with Crippen LogP contribution in [-0.4, -0.2) is 13.0 Å². The molecule has 0 nitrogen and oxygen atoms in total. The molecule has 1 unspecified atom stereocenters. The molecule has 0 fully saturated rings. The summed E-state index contributed by atoms with van der Waals surface area (Å²) in [6.45, 7) is 5.83. The highest BCUT2D eigenvalue weighted by Gasteiger charge is 2.01.